The third-order valence-corrected chi connectivity index (χ3v) is 7.61. The van der Waals surface area contributed by atoms with Crippen LogP contribution in [0, 0.1) is 17.4 Å². The molecule has 35 heavy (non-hydrogen) atoms. The molecule has 2 amide bonds. The van der Waals surface area contributed by atoms with Crippen LogP contribution in [0.1, 0.15) is 66.2 Å². The second kappa shape index (κ2) is 11.4. The number of hydrogen-bond acceptors (Lipinski definition) is 4. The van der Waals surface area contributed by atoms with Crippen LogP contribution in [0.5, 0.6) is 0 Å². The van der Waals surface area contributed by atoms with Crippen LogP contribution in [0.2, 0.25) is 19.6 Å². The topological polar surface area (TPSA) is 58.6 Å². The van der Waals surface area contributed by atoms with Gasteiger partial charge in [0.25, 0.3) is 5.91 Å². The third kappa shape index (κ3) is 8.86. The molecule has 188 valence electrons. The summed E-state index contributed by atoms with van der Waals surface area (Å²) in [6, 6.07) is 13.9. The van der Waals surface area contributed by atoms with Crippen LogP contribution in [0.25, 0.3) is 0 Å². The Bertz CT molecular complexity index is 1070. The van der Waals surface area contributed by atoms with E-state index >= 15 is 0 Å². The van der Waals surface area contributed by atoms with Gasteiger partial charge in [-0.1, -0.05) is 55.9 Å². The molecule has 3 rings (SSSR count). The number of carbonyl (C=O) groups is 2. The van der Waals surface area contributed by atoms with E-state index in [9.17, 15) is 9.59 Å². The second-order valence-electron chi connectivity index (χ2n) is 11.2. The van der Waals surface area contributed by atoms with Crippen molar-refractivity contribution in [3.05, 3.63) is 57.8 Å². The van der Waals surface area contributed by atoms with Crippen molar-refractivity contribution in [1.29, 1.82) is 0 Å². The molecular formula is C28H38N2O3SSi. The number of nitrogens with one attached hydrogen (secondary N) is 1. The normalized spacial score (nSPS) is 15.7. The average molecular weight is 511 g/mol. The predicted molar refractivity (Wildman–Crippen MR) is 146 cm³/mol. The monoisotopic (exact) mass is 510 g/mol. The lowest BCUT2D eigenvalue weighted by Crippen LogP contribution is -2.42. The van der Waals surface area contributed by atoms with Crippen molar-refractivity contribution in [3.8, 4) is 11.5 Å². The summed E-state index contributed by atoms with van der Waals surface area (Å²) in [5, 5.41) is 3.27. The minimum Gasteiger partial charge on any atom is -0.444 e. The third-order valence-electron chi connectivity index (χ3n) is 5.73. The van der Waals surface area contributed by atoms with Crippen molar-refractivity contribution < 1.29 is 14.3 Å². The number of benzene rings is 1. The fraction of sp³-hybridized carbons (Fsp3) is 0.500. The first kappa shape index (κ1) is 27.0. The first-order valence-electron chi connectivity index (χ1n) is 12.4. The quantitative estimate of drug-likeness (QED) is 0.370. The van der Waals surface area contributed by atoms with E-state index in [1.54, 1.807) is 4.90 Å². The lowest BCUT2D eigenvalue weighted by atomic mass is 9.87. The molecular weight excluding hydrogens is 472 g/mol. The highest BCUT2D eigenvalue weighted by Gasteiger charge is 2.29. The Morgan fingerprint density at radius 1 is 1.11 bits per heavy atom. The molecule has 5 nitrogen and oxygen atoms in total. The lowest BCUT2D eigenvalue weighted by molar-refractivity contribution is 0.0178. The number of hydrogen-bond donors (Lipinski definition) is 1. The molecule has 1 aliphatic heterocycles. The molecule has 0 radical (unpaired) electrons. The van der Waals surface area contributed by atoms with E-state index in [-0.39, 0.29) is 18.0 Å². The SMILES string of the molecule is CC(C)(C)OC(=O)N1CCC(CC(NC(=O)c2ccc(C#C[Si](C)(C)C)s2)c2ccccc2)CC1. The Morgan fingerprint density at radius 2 is 1.77 bits per heavy atom. The minimum absolute atomic E-state index is 0.0592. The standard InChI is InChI=1S/C28H38N2O3SSi/c1-28(2,3)33-27(32)30-17-14-21(15-18-30)20-24(22-10-8-7-9-11-22)29-26(31)25-13-12-23(34-25)16-19-35(4,5)6/h7-13,21,24H,14-15,17-18,20H2,1-6H3,(H,29,31). The lowest BCUT2D eigenvalue weighted by Gasteiger charge is -2.35. The van der Waals surface area contributed by atoms with Crippen LogP contribution in [-0.2, 0) is 4.74 Å². The van der Waals surface area contributed by atoms with Gasteiger partial charge in [-0.15, -0.1) is 16.9 Å². The minimum atomic E-state index is -1.46. The molecule has 0 aliphatic carbocycles. The number of amides is 2. The summed E-state index contributed by atoms with van der Waals surface area (Å²) in [4.78, 5) is 29.0. The predicted octanol–water partition coefficient (Wildman–Crippen LogP) is 6.49. The molecule has 1 unspecified atom stereocenters. The molecule has 1 aromatic carbocycles. The van der Waals surface area contributed by atoms with Crippen molar-refractivity contribution in [3.63, 3.8) is 0 Å². The van der Waals surface area contributed by atoms with Gasteiger partial charge in [0.15, 0.2) is 0 Å². The molecule has 1 fully saturated rings. The molecule has 0 saturated carbocycles. The second-order valence-corrected chi connectivity index (χ2v) is 17.1. The highest BCUT2D eigenvalue weighted by Crippen LogP contribution is 2.30. The van der Waals surface area contributed by atoms with Gasteiger partial charge in [0.1, 0.15) is 13.7 Å². The van der Waals surface area contributed by atoms with Crippen molar-refractivity contribution in [2.24, 2.45) is 5.92 Å². The first-order chi connectivity index (χ1) is 16.4. The summed E-state index contributed by atoms with van der Waals surface area (Å²) >= 11 is 1.45. The summed E-state index contributed by atoms with van der Waals surface area (Å²) in [5.41, 5.74) is 3.98. The largest absolute Gasteiger partial charge is 0.444 e. The van der Waals surface area contributed by atoms with E-state index in [2.05, 4.69) is 48.6 Å². The van der Waals surface area contributed by atoms with Crippen LogP contribution >= 0.6 is 11.3 Å². The van der Waals surface area contributed by atoms with E-state index in [4.69, 9.17) is 4.74 Å². The molecule has 1 saturated heterocycles. The summed E-state index contributed by atoms with van der Waals surface area (Å²) in [6.07, 6.45) is 2.39. The number of rotatable bonds is 5. The maximum Gasteiger partial charge on any atom is 0.410 e. The molecule has 1 aliphatic rings. The maximum atomic E-state index is 13.1. The molecule has 0 bridgehead atoms. The molecule has 1 aromatic heterocycles. The number of thiophene rings is 1. The Hall–Kier alpha value is -2.56. The molecule has 7 heteroatoms. The van der Waals surface area contributed by atoms with E-state index in [1.165, 1.54) is 11.3 Å². The van der Waals surface area contributed by atoms with Crippen LogP contribution in [0.4, 0.5) is 4.79 Å². The zero-order valence-corrected chi connectivity index (χ0v) is 23.6. The number of piperidine rings is 1. The van der Waals surface area contributed by atoms with E-state index in [1.807, 2.05) is 51.1 Å². The molecule has 0 spiro atoms. The number of nitrogens with zero attached hydrogens (tertiary/aromatic N) is 1. The summed E-state index contributed by atoms with van der Waals surface area (Å²) in [6.45, 7) is 13.7. The van der Waals surface area contributed by atoms with Crippen LogP contribution < -0.4 is 5.32 Å². The molecule has 1 N–H and O–H groups in total. The summed E-state index contributed by atoms with van der Waals surface area (Å²) in [7, 11) is -1.46. The van der Waals surface area contributed by atoms with Crippen LogP contribution in [-0.4, -0.2) is 43.7 Å². The van der Waals surface area contributed by atoms with E-state index in [0.717, 1.165) is 29.7 Å². The van der Waals surface area contributed by atoms with Gasteiger partial charge in [0, 0.05) is 13.1 Å². The summed E-state index contributed by atoms with van der Waals surface area (Å²) in [5.74, 6) is 3.60. The highest BCUT2D eigenvalue weighted by atomic mass is 32.1. The number of ether oxygens (including phenoxy) is 1. The average Bonchev–Trinajstić information content (AvgIpc) is 3.26. The van der Waals surface area contributed by atoms with Gasteiger partial charge < -0.3 is 15.0 Å². The van der Waals surface area contributed by atoms with Gasteiger partial charge in [-0.25, -0.2) is 4.79 Å². The first-order valence-corrected chi connectivity index (χ1v) is 16.7. The molecule has 2 aromatic rings. The van der Waals surface area contributed by atoms with Crippen molar-refractivity contribution in [1.82, 2.24) is 10.2 Å². The Kier molecular flexibility index (Phi) is 8.84. The zero-order chi connectivity index (χ0) is 25.6. The van der Waals surface area contributed by atoms with Gasteiger partial charge in [-0.2, -0.15) is 0 Å². The summed E-state index contributed by atoms with van der Waals surface area (Å²) < 4.78 is 5.53. The van der Waals surface area contributed by atoms with Gasteiger partial charge in [-0.05, 0) is 63.6 Å². The molecule has 2 heterocycles. The van der Waals surface area contributed by atoms with Gasteiger partial charge in [0.2, 0.25) is 0 Å². The Morgan fingerprint density at radius 3 is 2.37 bits per heavy atom. The van der Waals surface area contributed by atoms with E-state index < -0.39 is 13.7 Å². The maximum absolute atomic E-state index is 13.1. The highest BCUT2D eigenvalue weighted by molar-refractivity contribution is 7.14. The zero-order valence-electron chi connectivity index (χ0n) is 21.8. The van der Waals surface area contributed by atoms with Crippen molar-refractivity contribution >= 4 is 31.4 Å². The van der Waals surface area contributed by atoms with E-state index in [0.29, 0.717) is 23.9 Å². The smallest absolute Gasteiger partial charge is 0.410 e. The fourth-order valence-electron chi connectivity index (χ4n) is 3.98. The van der Waals surface area contributed by atoms with Gasteiger partial charge in [-0.3, -0.25) is 4.79 Å². The fourth-order valence-corrected chi connectivity index (χ4v) is 5.34. The number of carbonyl (C=O) groups excluding carboxylic acids is 2. The van der Waals surface area contributed by atoms with Crippen LogP contribution in [0.15, 0.2) is 42.5 Å². The number of likely N-dealkylation sites (tertiary alicyclic amines) is 1. The Labute approximate surface area is 215 Å². The Balaban J connectivity index is 1.64. The van der Waals surface area contributed by atoms with Gasteiger partial charge in [0.05, 0.1) is 15.8 Å². The van der Waals surface area contributed by atoms with Gasteiger partial charge >= 0.3 is 6.09 Å². The van der Waals surface area contributed by atoms with Crippen LogP contribution in [0.3, 0.4) is 0 Å². The van der Waals surface area contributed by atoms with Crippen molar-refractivity contribution in [2.75, 3.05) is 13.1 Å². The van der Waals surface area contributed by atoms with Crippen molar-refractivity contribution in [2.45, 2.75) is 71.3 Å². The molecule has 1 atom stereocenters.